The van der Waals surface area contributed by atoms with Gasteiger partial charge >= 0.3 is 0 Å². The maximum Gasteiger partial charge on any atom is 0.121 e. The van der Waals surface area contributed by atoms with Crippen molar-refractivity contribution in [3.8, 4) is 16.2 Å². The molecule has 0 aliphatic carbocycles. The molecule has 0 unspecified atom stereocenters. The van der Waals surface area contributed by atoms with E-state index in [1.165, 1.54) is 15.4 Å². The number of ether oxygens (including phenoxy) is 1. The Bertz CT molecular complexity index is 522. The Labute approximate surface area is 112 Å². The third-order valence-corrected chi connectivity index (χ3v) is 3.93. The largest absolute Gasteiger partial charge is 0.496 e. The van der Waals surface area contributed by atoms with Gasteiger partial charge in [-0.3, -0.25) is 0 Å². The van der Waals surface area contributed by atoms with E-state index in [9.17, 15) is 0 Å². The van der Waals surface area contributed by atoms with Crippen molar-refractivity contribution in [3.63, 3.8) is 0 Å². The van der Waals surface area contributed by atoms with Gasteiger partial charge in [-0.15, -0.1) is 11.3 Å². The third kappa shape index (κ3) is 2.89. The van der Waals surface area contributed by atoms with Crippen LogP contribution in [0.25, 0.3) is 10.4 Å². The Hall–Kier alpha value is -1.39. The predicted molar refractivity (Wildman–Crippen MR) is 76.5 cm³/mol. The van der Waals surface area contributed by atoms with Crippen molar-refractivity contribution in [2.45, 2.75) is 13.3 Å². The topological polar surface area (TPSA) is 34.2 Å². The van der Waals surface area contributed by atoms with Crippen LogP contribution in [-0.2, 0) is 6.42 Å². The van der Waals surface area contributed by atoms with E-state index in [0.29, 0.717) is 0 Å². The van der Waals surface area contributed by atoms with Gasteiger partial charge in [0.05, 0.1) is 17.0 Å². The third-order valence-electron chi connectivity index (χ3n) is 2.82. The lowest BCUT2D eigenvalue weighted by Gasteiger charge is -2.05. The molecule has 2 aromatic rings. The molecule has 0 spiro atoms. The summed E-state index contributed by atoms with van der Waals surface area (Å²) < 4.78 is 5.27. The summed E-state index contributed by atoms with van der Waals surface area (Å²) in [5.74, 6) is 0.929. The molecule has 0 saturated carbocycles. The molecule has 18 heavy (non-hydrogen) atoms. The van der Waals surface area contributed by atoms with E-state index in [1.54, 1.807) is 18.4 Å². The van der Waals surface area contributed by atoms with E-state index in [0.717, 1.165) is 24.3 Å². The molecule has 0 aliphatic rings. The van der Waals surface area contributed by atoms with Crippen LogP contribution >= 0.6 is 11.3 Å². The highest BCUT2D eigenvalue weighted by Crippen LogP contribution is 2.30. The SMILES string of the molecule is CNCCc1ncc(-c2ccc(OC)c(C)c2)s1. The molecule has 0 atom stereocenters. The van der Waals surface area contributed by atoms with E-state index in [-0.39, 0.29) is 0 Å². The molecule has 1 N–H and O–H groups in total. The maximum atomic E-state index is 5.27. The number of likely N-dealkylation sites (N-methyl/N-ethyl adjacent to an activating group) is 1. The van der Waals surface area contributed by atoms with Gasteiger partial charge in [-0.1, -0.05) is 0 Å². The molecule has 0 aliphatic heterocycles. The van der Waals surface area contributed by atoms with E-state index in [1.807, 2.05) is 19.3 Å². The first kappa shape index (κ1) is 13.1. The molecular formula is C14H18N2OS. The van der Waals surface area contributed by atoms with E-state index in [4.69, 9.17) is 4.74 Å². The lowest BCUT2D eigenvalue weighted by Crippen LogP contribution is -2.09. The molecule has 0 radical (unpaired) electrons. The van der Waals surface area contributed by atoms with Crippen LogP contribution in [0, 0.1) is 6.92 Å². The van der Waals surface area contributed by atoms with Crippen LogP contribution < -0.4 is 10.1 Å². The quantitative estimate of drug-likeness (QED) is 0.899. The summed E-state index contributed by atoms with van der Waals surface area (Å²) >= 11 is 1.76. The fraction of sp³-hybridized carbons (Fsp3) is 0.357. The second kappa shape index (κ2) is 5.98. The van der Waals surface area contributed by atoms with Gasteiger partial charge in [-0.05, 0) is 43.3 Å². The van der Waals surface area contributed by atoms with Crippen molar-refractivity contribution < 1.29 is 4.74 Å². The fourth-order valence-electron chi connectivity index (χ4n) is 1.82. The lowest BCUT2D eigenvalue weighted by molar-refractivity contribution is 0.412. The van der Waals surface area contributed by atoms with Crippen molar-refractivity contribution in [1.82, 2.24) is 10.3 Å². The number of rotatable bonds is 5. The Morgan fingerprint density at radius 3 is 2.89 bits per heavy atom. The van der Waals surface area contributed by atoms with Crippen molar-refractivity contribution in [2.75, 3.05) is 20.7 Å². The molecule has 1 heterocycles. The van der Waals surface area contributed by atoms with Gasteiger partial charge in [-0.25, -0.2) is 4.98 Å². The van der Waals surface area contributed by atoms with E-state index in [2.05, 4.69) is 29.4 Å². The van der Waals surface area contributed by atoms with Gasteiger partial charge in [-0.2, -0.15) is 0 Å². The smallest absolute Gasteiger partial charge is 0.121 e. The minimum absolute atomic E-state index is 0.929. The lowest BCUT2D eigenvalue weighted by atomic mass is 10.1. The van der Waals surface area contributed by atoms with Crippen LogP contribution in [0.1, 0.15) is 10.6 Å². The molecule has 1 aromatic heterocycles. The first-order chi connectivity index (χ1) is 8.74. The zero-order chi connectivity index (χ0) is 13.0. The Morgan fingerprint density at radius 2 is 2.22 bits per heavy atom. The van der Waals surface area contributed by atoms with Crippen LogP contribution in [0.15, 0.2) is 24.4 Å². The monoisotopic (exact) mass is 262 g/mol. The number of hydrogen-bond acceptors (Lipinski definition) is 4. The molecule has 4 heteroatoms. The van der Waals surface area contributed by atoms with Crippen molar-refractivity contribution in [2.24, 2.45) is 0 Å². The number of nitrogens with one attached hydrogen (secondary N) is 1. The molecule has 2 rings (SSSR count). The van der Waals surface area contributed by atoms with Gasteiger partial charge in [0.2, 0.25) is 0 Å². The van der Waals surface area contributed by atoms with Gasteiger partial charge < -0.3 is 10.1 Å². The number of aryl methyl sites for hydroxylation is 1. The average Bonchev–Trinajstić information content (AvgIpc) is 2.85. The van der Waals surface area contributed by atoms with Crippen LogP contribution in [0.4, 0.5) is 0 Å². The summed E-state index contributed by atoms with van der Waals surface area (Å²) in [6.45, 7) is 3.03. The van der Waals surface area contributed by atoms with Gasteiger partial charge in [0.25, 0.3) is 0 Å². The number of benzene rings is 1. The van der Waals surface area contributed by atoms with E-state index >= 15 is 0 Å². The molecule has 1 aromatic carbocycles. The number of thiazole rings is 1. The molecule has 0 saturated heterocycles. The Kier molecular flexibility index (Phi) is 4.33. The summed E-state index contributed by atoms with van der Waals surface area (Å²) in [5.41, 5.74) is 2.36. The molecular weight excluding hydrogens is 244 g/mol. The first-order valence-corrected chi connectivity index (χ1v) is 6.80. The van der Waals surface area contributed by atoms with Crippen molar-refractivity contribution in [3.05, 3.63) is 35.0 Å². The van der Waals surface area contributed by atoms with Crippen LogP contribution in [0.2, 0.25) is 0 Å². The summed E-state index contributed by atoms with van der Waals surface area (Å²) in [4.78, 5) is 5.66. The van der Waals surface area contributed by atoms with Gasteiger partial charge in [0, 0.05) is 19.2 Å². The highest BCUT2D eigenvalue weighted by molar-refractivity contribution is 7.15. The molecule has 96 valence electrons. The fourth-order valence-corrected chi connectivity index (χ4v) is 2.74. The van der Waals surface area contributed by atoms with Crippen LogP contribution in [-0.4, -0.2) is 25.7 Å². The van der Waals surface area contributed by atoms with Crippen molar-refractivity contribution in [1.29, 1.82) is 0 Å². The zero-order valence-corrected chi connectivity index (χ0v) is 11.8. The molecule has 3 nitrogen and oxygen atoms in total. The number of aromatic nitrogens is 1. The Balaban J connectivity index is 2.20. The molecule has 0 amide bonds. The summed E-state index contributed by atoms with van der Waals surface area (Å²) in [6, 6.07) is 6.24. The van der Waals surface area contributed by atoms with Gasteiger partial charge in [0.1, 0.15) is 5.75 Å². The first-order valence-electron chi connectivity index (χ1n) is 5.99. The molecule has 0 fully saturated rings. The van der Waals surface area contributed by atoms with E-state index < -0.39 is 0 Å². The molecule has 0 bridgehead atoms. The zero-order valence-electron chi connectivity index (χ0n) is 11.0. The average molecular weight is 262 g/mol. The second-order valence-corrected chi connectivity index (χ2v) is 5.27. The summed E-state index contributed by atoms with van der Waals surface area (Å²) in [5, 5.41) is 4.31. The highest BCUT2D eigenvalue weighted by atomic mass is 32.1. The number of nitrogens with zero attached hydrogens (tertiary/aromatic N) is 1. The minimum Gasteiger partial charge on any atom is -0.496 e. The predicted octanol–water partition coefficient (Wildman–Crippen LogP) is 2.89. The van der Waals surface area contributed by atoms with Crippen LogP contribution in [0.5, 0.6) is 5.75 Å². The van der Waals surface area contributed by atoms with Crippen molar-refractivity contribution >= 4 is 11.3 Å². The maximum absolute atomic E-state index is 5.27. The second-order valence-electron chi connectivity index (χ2n) is 4.16. The van der Waals surface area contributed by atoms with Gasteiger partial charge in [0.15, 0.2) is 0 Å². The standard InChI is InChI=1S/C14H18N2OS/c1-10-8-11(4-5-12(10)17-3)13-9-16-14(18-13)6-7-15-2/h4-5,8-9,15H,6-7H2,1-3H3. The van der Waals surface area contributed by atoms with Crippen LogP contribution in [0.3, 0.4) is 0 Å². The number of hydrogen-bond donors (Lipinski definition) is 1. The normalized spacial score (nSPS) is 10.6. The summed E-state index contributed by atoms with van der Waals surface area (Å²) in [7, 11) is 3.66. The Morgan fingerprint density at radius 1 is 1.39 bits per heavy atom. The highest BCUT2D eigenvalue weighted by Gasteiger charge is 2.06. The minimum atomic E-state index is 0.929. The summed E-state index contributed by atoms with van der Waals surface area (Å²) in [6.07, 6.45) is 2.94. The number of methoxy groups -OCH3 is 1.